The van der Waals surface area contributed by atoms with Crippen molar-refractivity contribution in [3.8, 4) is 5.75 Å². The third kappa shape index (κ3) is 2.58. The van der Waals surface area contributed by atoms with E-state index in [0.717, 1.165) is 38.9 Å². The molecule has 4 heteroatoms. The lowest BCUT2D eigenvalue weighted by atomic mass is 9.97. The first-order chi connectivity index (χ1) is 9.54. The van der Waals surface area contributed by atoms with E-state index in [4.69, 9.17) is 16.3 Å². The van der Waals surface area contributed by atoms with Gasteiger partial charge in [-0.25, -0.2) is 0 Å². The van der Waals surface area contributed by atoms with Crippen molar-refractivity contribution in [3.63, 3.8) is 0 Å². The fourth-order valence-electron chi connectivity index (χ4n) is 2.60. The second-order valence-electron chi connectivity index (χ2n) is 5.05. The van der Waals surface area contributed by atoms with Crippen LogP contribution in [0.5, 0.6) is 5.75 Å². The summed E-state index contributed by atoms with van der Waals surface area (Å²) in [6, 6.07) is 9.59. The molecule has 0 saturated heterocycles. The fourth-order valence-corrected chi connectivity index (χ4v) is 3.48. The standard InChI is InChI=1S/C16H14BrClO2/c1-9-4-11(6-12(17)5-9)15(19)14-8-13(18)7-10-2-3-20-16(10)14/h4-8,15,19H,2-3H2,1H3. The van der Waals surface area contributed by atoms with Crippen molar-refractivity contribution >= 4 is 27.5 Å². The molecular formula is C16H14BrClO2. The van der Waals surface area contributed by atoms with Gasteiger partial charge in [0.15, 0.2) is 0 Å². The van der Waals surface area contributed by atoms with E-state index in [9.17, 15) is 5.11 Å². The summed E-state index contributed by atoms with van der Waals surface area (Å²) in [7, 11) is 0. The smallest absolute Gasteiger partial charge is 0.128 e. The summed E-state index contributed by atoms with van der Waals surface area (Å²) in [5.74, 6) is 0.777. The maximum Gasteiger partial charge on any atom is 0.128 e. The van der Waals surface area contributed by atoms with Gasteiger partial charge in [0.05, 0.1) is 6.61 Å². The summed E-state index contributed by atoms with van der Waals surface area (Å²) < 4.78 is 6.61. The Bertz CT molecular complexity index is 650. The lowest BCUT2D eigenvalue weighted by Crippen LogP contribution is -2.03. The predicted octanol–water partition coefficient (Wildman–Crippen LogP) is 4.43. The molecule has 1 aliphatic rings. The molecule has 0 spiro atoms. The van der Waals surface area contributed by atoms with Crippen molar-refractivity contribution in [1.29, 1.82) is 0 Å². The third-order valence-electron chi connectivity index (χ3n) is 3.45. The van der Waals surface area contributed by atoms with Crippen molar-refractivity contribution in [2.24, 2.45) is 0 Å². The number of aliphatic hydroxyl groups excluding tert-OH is 1. The molecule has 1 atom stereocenters. The summed E-state index contributed by atoms with van der Waals surface area (Å²) in [6.45, 7) is 2.65. The van der Waals surface area contributed by atoms with Gasteiger partial charge in [0, 0.05) is 21.5 Å². The number of hydrogen-bond donors (Lipinski definition) is 1. The number of fused-ring (bicyclic) bond motifs is 1. The molecule has 0 bridgehead atoms. The van der Waals surface area contributed by atoms with Gasteiger partial charge in [0.25, 0.3) is 0 Å². The first-order valence-electron chi connectivity index (χ1n) is 6.45. The largest absolute Gasteiger partial charge is 0.493 e. The Kier molecular flexibility index (Phi) is 3.76. The van der Waals surface area contributed by atoms with Crippen LogP contribution in [0.1, 0.15) is 28.4 Å². The van der Waals surface area contributed by atoms with E-state index < -0.39 is 6.10 Å². The quantitative estimate of drug-likeness (QED) is 0.865. The fraction of sp³-hybridized carbons (Fsp3) is 0.250. The van der Waals surface area contributed by atoms with Crippen LogP contribution in [0.3, 0.4) is 0 Å². The highest BCUT2D eigenvalue weighted by atomic mass is 79.9. The summed E-state index contributed by atoms with van der Waals surface area (Å²) in [5.41, 5.74) is 3.73. The van der Waals surface area contributed by atoms with Crippen LogP contribution < -0.4 is 4.74 Å². The van der Waals surface area contributed by atoms with E-state index in [1.807, 2.05) is 31.2 Å². The first-order valence-corrected chi connectivity index (χ1v) is 7.62. The molecule has 1 aliphatic heterocycles. The van der Waals surface area contributed by atoms with E-state index in [1.165, 1.54) is 0 Å². The molecular weight excluding hydrogens is 340 g/mol. The van der Waals surface area contributed by atoms with Crippen molar-refractivity contribution in [2.75, 3.05) is 6.61 Å². The first kappa shape index (κ1) is 13.9. The molecule has 0 aliphatic carbocycles. The van der Waals surface area contributed by atoms with Gasteiger partial charge in [0.2, 0.25) is 0 Å². The highest BCUT2D eigenvalue weighted by Gasteiger charge is 2.23. The highest BCUT2D eigenvalue weighted by molar-refractivity contribution is 9.10. The number of hydrogen-bond acceptors (Lipinski definition) is 2. The maximum atomic E-state index is 10.7. The zero-order chi connectivity index (χ0) is 14.3. The monoisotopic (exact) mass is 352 g/mol. The van der Waals surface area contributed by atoms with Gasteiger partial charge in [-0.1, -0.05) is 33.6 Å². The summed E-state index contributed by atoms with van der Waals surface area (Å²) in [4.78, 5) is 0. The summed E-state index contributed by atoms with van der Waals surface area (Å²) in [5, 5.41) is 11.3. The van der Waals surface area contributed by atoms with Crippen LogP contribution in [0, 0.1) is 6.92 Å². The number of ether oxygens (including phenoxy) is 1. The Labute approximate surface area is 131 Å². The molecule has 1 N–H and O–H groups in total. The zero-order valence-corrected chi connectivity index (χ0v) is 13.3. The molecule has 1 heterocycles. The van der Waals surface area contributed by atoms with Crippen molar-refractivity contribution < 1.29 is 9.84 Å². The lowest BCUT2D eigenvalue weighted by Gasteiger charge is -2.16. The molecule has 0 amide bonds. The van der Waals surface area contributed by atoms with Crippen LogP contribution >= 0.6 is 27.5 Å². The maximum absolute atomic E-state index is 10.7. The minimum absolute atomic E-state index is 0.634. The van der Waals surface area contributed by atoms with Crippen molar-refractivity contribution in [2.45, 2.75) is 19.4 Å². The van der Waals surface area contributed by atoms with E-state index >= 15 is 0 Å². The Morgan fingerprint density at radius 2 is 2.05 bits per heavy atom. The molecule has 0 fully saturated rings. The lowest BCUT2D eigenvalue weighted by molar-refractivity contribution is 0.213. The van der Waals surface area contributed by atoms with Crippen LogP contribution in [0.25, 0.3) is 0 Å². The normalized spacial score (nSPS) is 14.8. The van der Waals surface area contributed by atoms with Gasteiger partial charge in [-0.2, -0.15) is 0 Å². The zero-order valence-electron chi connectivity index (χ0n) is 11.0. The van der Waals surface area contributed by atoms with Gasteiger partial charge in [-0.3, -0.25) is 0 Å². The number of halogens is 2. The van der Waals surface area contributed by atoms with Gasteiger partial charge in [0.1, 0.15) is 11.9 Å². The molecule has 0 saturated carbocycles. The van der Waals surface area contributed by atoms with Crippen molar-refractivity contribution in [3.05, 3.63) is 62.1 Å². The molecule has 0 aromatic heterocycles. The average molecular weight is 354 g/mol. The second kappa shape index (κ2) is 5.40. The Morgan fingerprint density at radius 1 is 1.25 bits per heavy atom. The third-order valence-corrected chi connectivity index (χ3v) is 4.13. The molecule has 2 aromatic carbocycles. The van der Waals surface area contributed by atoms with E-state index in [-0.39, 0.29) is 0 Å². The van der Waals surface area contributed by atoms with Crippen LogP contribution in [0.15, 0.2) is 34.8 Å². The second-order valence-corrected chi connectivity index (χ2v) is 6.40. The average Bonchev–Trinajstić information content (AvgIpc) is 2.83. The number of benzene rings is 2. The van der Waals surface area contributed by atoms with E-state index in [1.54, 1.807) is 6.07 Å². The van der Waals surface area contributed by atoms with E-state index in [2.05, 4.69) is 15.9 Å². The predicted molar refractivity (Wildman–Crippen MR) is 83.6 cm³/mol. The van der Waals surface area contributed by atoms with Crippen LogP contribution in [-0.2, 0) is 6.42 Å². The van der Waals surface area contributed by atoms with Crippen molar-refractivity contribution in [1.82, 2.24) is 0 Å². The minimum atomic E-state index is -0.739. The summed E-state index contributed by atoms with van der Waals surface area (Å²) >= 11 is 9.61. The number of rotatable bonds is 2. The Morgan fingerprint density at radius 3 is 2.80 bits per heavy atom. The molecule has 3 rings (SSSR count). The molecule has 1 unspecified atom stereocenters. The molecule has 2 nitrogen and oxygen atoms in total. The Balaban J connectivity index is 2.08. The molecule has 20 heavy (non-hydrogen) atoms. The van der Waals surface area contributed by atoms with Gasteiger partial charge >= 0.3 is 0 Å². The van der Waals surface area contributed by atoms with E-state index in [0.29, 0.717) is 11.6 Å². The molecule has 0 radical (unpaired) electrons. The topological polar surface area (TPSA) is 29.5 Å². The number of aryl methyl sites for hydroxylation is 1. The molecule has 104 valence electrons. The number of aliphatic hydroxyl groups is 1. The SMILES string of the molecule is Cc1cc(Br)cc(C(O)c2cc(Cl)cc3c2OCC3)c1. The molecule has 2 aromatic rings. The van der Waals surface area contributed by atoms with Gasteiger partial charge < -0.3 is 9.84 Å². The van der Waals surface area contributed by atoms with Crippen LogP contribution in [-0.4, -0.2) is 11.7 Å². The Hall–Kier alpha value is -1.03. The van der Waals surface area contributed by atoms with Crippen LogP contribution in [0.4, 0.5) is 0 Å². The summed E-state index contributed by atoms with van der Waals surface area (Å²) in [6.07, 6.45) is 0.101. The minimum Gasteiger partial charge on any atom is -0.493 e. The highest BCUT2D eigenvalue weighted by Crippen LogP contribution is 2.39. The van der Waals surface area contributed by atoms with Crippen LogP contribution in [0.2, 0.25) is 5.02 Å². The van der Waals surface area contributed by atoms with Gasteiger partial charge in [-0.15, -0.1) is 0 Å². The van der Waals surface area contributed by atoms with Gasteiger partial charge in [-0.05, 0) is 47.9 Å².